The van der Waals surface area contributed by atoms with Crippen LogP contribution in [0.25, 0.3) is 0 Å². The third kappa shape index (κ3) is 7.14. The van der Waals surface area contributed by atoms with Crippen LogP contribution >= 0.6 is 0 Å². The number of hydrogen-bond donors (Lipinski definition) is 1. The molecule has 14 heteroatoms. The van der Waals surface area contributed by atoms with Gasteiger partial charge in [-0.3, -0.25) is 0 Å². The van der Waals surface area contributed by atoms with Crippen molar-refractivity contribution >= 4 is 20.4 Å². The zero-order valence-electron chi connectivity index (χ0n) is 18.0. The number of epoxide rings is 1. The van der Waals surface area contributed by atoms with E-state index < -0.39 is 20.4 Å². The van der Waals surface area contributed by atoms with E-state index in [0.717, 1.165) is 29.8 Å². The first-order chi connectivity index (χ1) is 13.9. The van der Waals surface area contributed by atoms with Crippen LogP contribution in [0.1, 0.15) is 17.3 Å². The summed E-state index contributed by atoms with van der Waals surface area (Å²) in [4.78, 5) is 7.87. The molecule has 0 radical (unpaired) electrons. The predicted octanol–water partition coefficient (Wildman–Crippen LogP) is -0.757. The molecule has 0 bridgehead atoms. The molecule has 2 aromatic heterocycles. The van der Waals surface area contributed by atoms with Crippen molar-refractivity contribution < 1.29 is 26.7 Å². The summed E-state index contributed by atoms with van der Waals surface area (Å²) in [6, 6.07) is 0. The quantitative estimate of drug-likeness (QED) is 0.548. The minimum atomic E-state index is -3.50. The molecule has 0 atom stereocenters. The molecule has 0 saturated carbocycles. The van der Waals surface area contributed by atoms with Gasteiger partial charge in [0.1, 0.15) is 11.6 Å². The average Bonchev–Trinajstić information content (AvgIpc) is 3.39. The van der Waals surface area contributed by atoms with Crippen LogP contribution in [0.5, 0.6) is 0 Å². The van der Waals surface area contributed by atoms with Crippen molar-refractivity contribution in [1.82, 2.24) is 26.5 Å². The highest BCUT2D eigenvalue weighted by atomic mass is 32.2. The molecule has 3 rings (SSSR count). The molecule has 12 nitrogen and oxygen atoms in total. The van der Waals surface area contributed by atoms with E-state index in [2.05, 4.69) is 14.7 Å². The highest BCUT2D eigenvalue weighted by molar-refractivity contribution is 7.87. The van der Waals surface area contributed by atoms with Crippen molar-refractivity contribution in [2.45, 2.75) is 20.3 Å². The number of ether oxygens (including phenoxy) is 1. The molecule has 0 unspecified atom stereocenters. The molecule has 172 valence electrons. The van der Waals surface area contributed by atoms with Gasteiger partial charge in [0.2, 0.25) is 0 Å². The summed E-state index contributed by atoms with van der Waals surface area (Å²) < 4.78 is 55.4. The molecular formula is C16H30N6O6S2. The second-order valence-corrected chi connectivity index (χ2v) is 10.6. The summed E-state index contributed by atoms with van der Waals surface area (Å²) in [5.41, 5.74) is 0.570. The van der Waals surface area contributed by atoms with Crippen molar-refractivity contribution in [1.29, 1.82) is 0 Å². The third-order valence-electron chi connectivity index (χ3n) is 3.67. The molecule has 0 aromatic carbocycles. The smallest absolute Gasteiger partial charge is 0.308 e. The van der Waals surface area contributed by atoms with Crippen LogP contribution in [0, 0.1) is 13.8 Å². The van der Waals surface area contributed by atoms with Crippen molar-refractivity contribution in [2.24, 2.45) is 0 Å². The summed E-state index contributed by atoms with van der Waals surface area (Å²) >= 11 is 0. The Labute approximate surface area is 178 Å². The van der Waals surface area contributed by atoms with Crippen LogP contribution in [0.15, 0.2) is 18.6 Å². The van der Waals surface area contributed by atoms with Crippen molar-refractivity contribution in [3.63, 3.8) is 0 Å². The van der Waals surface area contributed by atoms with Gasteiger partial charge in [-0.2, -0.15) is 25.4 Å². The van der Waals surface area contributed by atoms with Gasteiger partial charge in [-0.15, -0.1) is 0 Å². The molecule has 1 fully saturated rings. The van der Waals surface area contributed by atoms with Gasteiger partial charge in [-0.1, -0.05) is 0 Å². The molecule has 0 aliphatic carbocycles. The fourth-order valence-corrected chi connectivity index (χ4v) is 3.87. The van der Waals surface area contributed by atoms with Crippen LogP contribution in [-0.4, -0.2) is 96.5 Å². The lowest BCUT2D eigenvalue weighted by Crippen LogP contribution is -2.29. The second kappa shape index (κ2) is 11.0. The monoisotopic (exact) mass is 466 g/mol. The Morgan fingerprint density at radius 1 is 1.00 bits per heavy atom. The van der Waals surface area contributed by atoms with Gasteiger partial charge in [0.25, 0.3) is 0 Å². The lowest BCUT2D eigenvalue weighted by atomic mass is 10.4. The molecular weight excluding hydrogens is 436 g/mol. The number of aliphatic hydroxyl groups is 1. The maximum atomic E-state index is 11.8. The lowest BCUT2D eigenvalue weighted by Gasteiger charge is -2.12. The highest BCUT2D eigenvalue weighted by Crippen LogP contribution is 2.09. The van der Waals surface area contributed by atoms with E-state index in [0.29, 0.717) is 23.8 Å². The maximum Gasteiger partial charge on any atom is 0.308 e. The minimum Gasteiger partial charge on any atom is -0.396 e. The number of imidazole rings is 2. The zero-order chi connectivity index (χ0) is 23.1. The lowest BCUT2D eigenvalue weighted by molar-refractivity contribution is 0.298. The van der Waals surface area contributed by atoms with Gasteiger partial charge in [-0.05, 0) is 13.8 Å². The SMILES string of the molecule is C1CO1.Cc1nc(CCO)cn1S(=O)(=O)N(C)C.Cc1nccn1S(=O)(=O)N(C)C. The molecule has 0 amide bonds. The Kier molecular flexibility index (Phi) is 9.58. The molecule has 30 heavy (non-hydrogen) atoms. The van der Waals surface area contributed by atoms with Crippen LogP contribution in [0.4, 0.5) is 0 Å². The molecule has 0 spiro atoms. The van der Waals surface area contributed by atoms with E-state index in [1.165, 1.54) is 46.8 Å². The molecule has 2 aromatic rings. The molecule has 1 N–H and O–H groups in total. The van der Waals surface area contributed by atoms with Gasteiger partial charge in [0, 0.05) is 59.8 Å². The van der Waals surface area contributed by atoms with Gasteiger partial charge in [-0.25, -0.2) is 17.9 Å². The van der Waals surface area contributed by atoms with E-state index in [1.807, 2.05) is 0 Å². The minimum absolute atomic E-state index is 0.0432. The summed E-state index contributed by atoms with van der Waals surface area (Å²) in [6.45, 7) is 5.21. The Morgan fingerprint density at radius 3 is 1.87 bits per heavy atom. The van der Waals surface area contributed by atoms with Gasteiger partial charge in [0.15, 0.2) is 0 Å². The zero-order valence-corrected chi connectivity index (χ0v) is 19.7. The summed E-state index contributed by atoms with van der Waals surface area (Å²) in [5.74, 6) is 0.857. The van der Waals surface area contributed by atoms with Crippen LogP contribution in [0.2, 0.25) is 0 Å². The Hall–Kier alpha value is -1.84. The van der Waals surface area contributed by atoms with Crippen molar-refractivity contribution in [3.05, 3.63) is 35.9 Å². The average molecular weight is 467 g/mol. The Morgan fingerprint density at radius 2 is 1.50 bits per heavy atom. The number of aromatic nitrogens is 4. The maximum absolute atomic E-state index is 11.8. The number of nitrogens with zero attached hydrogens (tertiary/aromatic N) is 6. The van der Waals surface area contributed by atoms with Gasteiger partial charge >= 0.3 is 20.4 Å². The first-order valence-corrected chi connectivity index (χ1v) is 11.7. The van der Waals surface area contributed by atoms with Crippen LogP contribution < -0.4 is 0 Å². The fraction of sp³-hybridized carbons (Fsp3) is 0.625. The number of aliphatic hydroxyl groups excluding tert-OH is 1. The predicted molar refractivity (Wildman–Crippen MR) is 112 cm³/mol. The van der Waals surface area contributed by atoms with Crippen LogP contribution in [0.3, 0.4) is 0 Å². The summed E-state index contributed by atoms with van der Waals surface area (Å²) in [5, 5.41) is 8.72. The van der Waals surface area contributed by atoms with E-state index in [4.69, 9.17) is 5.11 Å². The first kappa shape index (κ1) is 26.2. The van der Waals surface area contributed by atoms with E-state index >= 15 is 0 Å². The first-order valence-electron chi connectivity index (χ1n) is 8.95. The van der Waals surface area contributed by atoms with Crippen molar-refractivity contribution in [3.8, 4) is 0 Å². The highest BCUT2D eigenvalue weighted by Gasteiger charge is 2.19. The topological polar surface area (TPSA) is 143 Å². The molecule has 1 aliphatic rings. The normalized spacial score (nSPS) is 13.5. The van der Waals surface area contributed by atoms with Crippen LogP contribution in [-0.2, 0) is 31.6 Å². The number of aryl methyl sites for hydroxylation is 2. The Bertz CT molecular complexity index is 1010. The summed E-state index contributed by atoms with van der Waals surface area (Å²) in [7, 11) is -0.996. The standard InChI is InChI=1S/C8H15N3O3S.C6H11N3O2S.C2H4O/c1-7-9-8(4-5-12)6-11(7)15(13,14)10(2)3;1-6-7-4-5-9(6)12(10,11)8(2)3;1-2-3-1/h6,12H,4-5H2,1-3H3;4-5H,1-3H3;1-2H2. The molecule has 3 heterocycles. The van der Waals surface area contributed by atoms with Crippen molar-refractivity contribution in [2.75, 3.05) is 48.0 Å². The number of rotatable bonds is 6. The second-order valence-electron chi connectivity index (χ2n) is 6.51. The molecule has 1 saturated heterocycles. The largest absolute Gasteiger partial charge is 0.396 e. The van der Waals surface area contributed by atoms with E-state index in [-0.39, 0.29) is 6.61 Å². The van der Waals surface area contributed by atoms with Gasteiger partial charge < -0.3 is 9.84 Å². The van der Waals surface area contributed by atoms with E-state index in [9.17, 15) is 16.8 Å². The van der Waals surface area contributed by atoms with E-state index in [1.54, 1.807) is 13.8 Å². The Balaban J connectivity index is 0.000000267. The van der Waals surface area contributed by atoms with Gasteiger partial charge in [0.05, 0.1) is 18.9 Å². The fourth-order valence-electron chi connectivity index (χ4n) is 1.95. The molecule has 1 aliphatic heterocycles. The summed E-state index contributed by atoms with van der Waals surface area (Å²) in [6.07, 6.45) is 4.67. The third-order valence-corrected chi connectivity index (χ3v) is 7.26. The number of hydrogen-bond acceptors (Lipinski definition) is 8.